The molecule has 7 nitrogen and oxygen atoms in total. The normalized spacial score (nSPS) is 18.7. The van der Waals surface area contributed by atoms with Gasteiger partial charge in [-0.2, -0.15) is 0 Å². The topological polar surface area (TPSA) is 98.7 Å². The number of nitrogens with zero attached hydrogens (tertiary/aromatic N) is 1. The summed E-state index contributed by atoms with van der Waals surface area (Å²) in [6, 6.07) is -0.969. The fraction of sp³-hybridized carbons (Fsp3) is 0.667. The van der Waals surface area contributed by atoms with Crippen molar-refractivity contribution < 1.29 is 19.5 Å². The molecule has 0 aromatic carbocycles. The summed E-state index contributed by atoms with van der Waals surface area (Å²) in [6.45, 7) is 2.67. The lowest BCUT2D eigenvalue weighted by molar-refractivity contribution is -0.142. The molecule has 1 fully saturated rings. The van der Waals surface area contributed by atoms with Crippen LogP contribution in [0.1, 0.15) is 6.92 Å². The summed E-state index contributed by atoms with van der Waals surface area (Å²) in [5.74, 6) is -1.62. The minimum atomic E-state index is -1.10. The third kappa shape index (κ3) is 3.85. The first-order valence-electron chi connectivity index (χ1n) is 4.98. The number of hydrogen-bond donors (Lipinski definition) is 3. The van der Waals surface area contributed by atoms with Gasteiger partial charge in [0.25, 0.3) is 0 Å². The lowest BCUT2D eigenvalue weighted by atomic mass is 10.2. The Morgan fingerprint density at radius 3 is 2.81 bits per heavy atom. The first-order valence-corrected chi connectivity index (χ1v) is 4.98. The van der Waals surface area contributed by atoms with Crippen molar-refractivity contribution in [2.24, 2.45) is 0 Å². The van der Waals surface area contributed by atoms with Gasteiger partial charge in [0, 0.05) is 26.6 Å². The van der Waals surface area contributed by atoms with E-state index in [0.717, 1.165) is 0 Å². The number of aliphatic carboxylic acids is 1. The summed E-state index contributed by atoms with van der Waals surface area (Å²) in [7, 11) is 0. The van der Waals surface area contributed by atoms with E-state index in [9.17, 15) is 14.4 Å². The number of rotatable bonds is 4. The van der Waals surface area contributed by atoms with Crippen molar-refractivity contribution >= 4 is 17.8 Å². The maximum absolute atomic E-state index is 11.1. The first-order chi connectivity index (χ1) is 7.49. The second kappa shape index (κ2) is 5.45. The van der Waals surface area contributed by atoms with Crippen molar-refractivity contribution in [1.29, 1.82) is 0 Å². The standard InChI is InChI=1S/C9H15N3O4/c1-6(13)11-7(9(15)16)4-12-3-2-10-8(14)5-12/h7H,2-5H2,1H3,(H,10,14)(H,11,13)(H,15,16). The fourth-order valence-electron chi connectivity index (χ4n) is 1.54. The molecule has 1 aliphatic rings. The Kier molecular flexibility index (Phi) is 4.24. The van der Waals surface area contributed by atoms with Crippen molar-refractivity contribution in [2.45, 2.75) is 13.0 Å². The maximum atomic E-state index is 11.1. The van der Waals surface area contributed by atoms with Gasteiger partial charge in [-0.25, -0.2) is 4.79 Å². The number of carboxylic acid groups (broad SMARTS) is 1. The van der Waals surface area contributed by atoms with Crippen LogP contribution >= 0.6 is 0 Å². The number of piperazine rings is 1. The van der Waals surface area contributed by atoms with Gasteiger partial charge >= 0.3 is 5.97 Å². The molecule has 0 radical (unpaired) electrons. The molecular formula is C9H15N3O4. The van der Waals surface area contributed by atoms with Crippen molar-refractivity contribution in [3.8, 4) is 0 Å². The first kappa shape index (κ1) is 12.4. The number of carboxylic acids is 1. The molecule has 2 amide bonds. The Morgan fingerprint density at radius 2 is 2.31 bits per heavy atom. The zero-order valence-corrected chi connectivity index (χ0v) is 9.02. The van der Waals surface area contributed by atoms with E-state index >= 15 is 0 Å². The molecule has 0 aromatic rings. The van der Waals surface area contributed by atoms with Crippen molar-refractivity contribution in [1.82, 2.24) is 15.5 Å². The van der Waals surface area contributed by atoms with Crippen LogP contribution in [0.3, 0.4) is 0 Å². The highest BCUT2D eigenvalue weighted by molar-refractivity contribution is 5.82. The molecule has 1 rings (SSSR count). The zero-order chi connectivity index (χ0) is 12.1. The summed E-state index contributed by atoms with van der Waals surface area (Å²) in [6.07, 6.45) is 0. The number of hydrogen-bond acceptors (Lipinski definition) is 4. The molecular weight excluding hydrogens is 214 g/mol. The van der Waals surface area contributed by atoms with E-state index in [1.54, 1.807) is 4.90 Å². The lowest BCUT2D eigenvalue weighted by Crippen LogP contribution is -2.54. The molecule has 1 atom stereocenters. The summed E-state index contributed by atoms with van der Waals surface area (Å²) >= 11 is 0. The largest absolute Gasteiger partial charge is 0.480 e. The third-order valence-corrected chi connectivity index (χ3v) is 2.23. The Balaban J connectivity index is 2.50. The Morgan fingerprint density at radius 1 is 1.62 bits per heavy atom. The number of carbonyl (C=O) groups is 3. The van der Waals surface area contributed by atoms with Crippen LogP contribution in [0.4, 0.5) is 0 Å². The molecule has 0 aromatic heterocycles. The highest BCUT2D eigenvalue weighted by Gasteiger charge is 2.24. The summed E-state index contributed by atoms with van der Waals surface area (Å²) in [5, 5.41) is 13.8. The predicted octanol–water partition coefficient (Wildman–Crippen LogP) is -1.99. The van der Waals surface area contributed by atoms with Crippen LogP contribution in [0.2, 0.25) is 0 Å². The van der Waals surface area contributed by atoms with E-state index in [1.807, 2.05) is 0 Å². The van der Waals surface area contributed by atoms with Crippen molar-refractivity contribution in [3.63, 3.8) is 0 Å². The van der Waals surface area contributed by atoms with Gasteiger partial charge in [0.1, 0.15) is 6.04 Å². The van der Waals surface area contributed by atoms with Crippen LogP contribution in [0.5, 0.6) is 0 Å². The van der Waals surface area contributed by atoms with Gasteiger partial charge in [-0.3, -0.25) is 14.5 Å². The Labute approximate surface area is 92.8 Å². The molecule has 0 spiro atoms. The average molecular weight is 229 g/mol. The monoisotopic (exact) mass is 229 g/mol. The number of amides is 2. The Bertz CT molecular complexity index is 305. The smallest absolute Gasteiger partial charge is 0.327 e. The molecule has 1 saturated heterocycles. The molecule has 1 heterocycles. The number of nitrogens with one attached hydrogen (secondary N) is 2. The minimum Gasteiger partial charge on any atom is -0.480 e. The van der Waals surface area contributed by atoms with Crippen LogP contribution in [0.15, 0.2) is 0 Å². The van der Waals surface area contributed by atoms with Gasteiger partial charge in [-0.15, -0.1) is 0 Å². The van der Waals surface area contributed by atoms with E-state index in [2.05, 4.69) is 10.6 Å². The fourth-order valence-corrected chi connectivity index (χ4v) is 1.54. The van der Waals surface area contributed by atoms with Gasteiger partial charge in [-0.05, 0) is 0 Å². The number of carbonyl (C=O) groups excluding carboxylic acids is 2. The molecule has 1 unspecified atom stereocenters. The van der Waals surface area contributed by atoms with E-state index in [4.69, 9.17) is 5.11 Å². The predicted molar refractivity (Wildman–Crippen MR) is 54.7 cm³/mol. The van der Waals surface area contributed by atoms with Crippen LogP contribution < -0.4 is 10.6 Å². The van der Waals surface area contributed by atoms with Crippen LogP contribution in [0.25, 0.3) is 0 Å². The zero-order valence-electron chi connectivity index (χ0n) is 9.02. The molecule has 1 aliphatic heterocycles. The Hall–Kier alpha value is -1.63. The summed E-state index contributed by atoms with van der Waals surface area (Å²) in [4.78, 5) is 34.4. The molecule has 0 bridgehead atoms. The molecule has 90 valence electrons. The van der Waals surface area contributed by atoms with Gasteiger partial charge in [0.05, 0.1) is 6.54 Å². The second-order valence-electron chi connectivity index (χ2n) is 3.68. The second-order valence-corrected chi connectivity index (χ2v) is 3.68. The molecule has 0 saturated carbocycles. The van der Waals surface area contributed by atoms with E-state index in [-0.39, 0.29) is 19.0 Å². The van der Waals surface area contributed by atoms with Gasteiger partial charge < -0.3 is 15.7 Å². The van der Waals surface area contributed by atoms with Crippen molar-refractivity contribution in [3.05, 3.63) is 0 Å². The highest BCUT2D eigenvalue weighted by atomic mass is 16.4. The van der Waals surface area contributed by atoms with Crippen LogP contribution in [-0.2, 0) is 14.4 Å². The van der Waals surface area contributed by atoms with Gasteiger partial charge in [-0.1, -0.05) is 0 Å². The third-order valence-electron chi connectivity index (χ3n) is 2.23. The van der Waals surface area contributed by atoms with Gasteiger partial charge in [0.15, 0.2) is 0 Å². The maximum Gasteiger partial charge on any atom is 0.327 e. The van der Waals surface area contributed by atoms with Crippen molar-refractivity contribution in [2.75, 3.05) is 26.2 Å². The molecule has 7 heteroatoms. The van der Waals surface area contributed by atoms with E-state index in [1.165, 1.54) is 6.92 Å². The highest BCUT2D eigenvalue weighted by Crippen LogP contribution is 1.97. The molecule has 0 aliphatic carbocycles. The van der Waals surface area contributed by atoms with Gasteiger partial charge in [0.2, 0.25) is 11.8 Å². The SMILES string of the molecule is CC(=O)NC(CN1CCNC(=O)C1)C(=O)O. The quantitative estimate of drug-likeness (QED) is 0.518. The molecule has 3 N–H and O–H groups in total. The minimum absolute atomic E-state index is 0.127. The molecule has 16 heavy (non-hydrogen) atoms. The lowest BCUT2D eigenvalue weighted by Gasteiger charge is -2.28. The van der Waals surface area contributed by atoms with Crippen LogP contribution in [0, 0.1) is 0 Å². The summed E-state index contributed by atoms with van der Waals surface area (Å²) in [5.41, 5.74) is 0. The van der Waals surface area contributed by atoms with Crippen LogP contribution in [-0.4, -0.2) is 60.0 Å². The van der Waals surface area contributed by atoms with E-state index in [0.29, 0.717) is 13.1 Å². The van der Waals surface area contributed by atoms with E-state index < -0.39 is 17.9 Å². The average Bonchev–Trinajstić information content (AvgIpc) is 2.15. The summed E-state index contributed by atoms with van der Waals surface area (Å²) < 4.78 is 0.